The highest BCUT2D eigenvalue weighted by molar-refractivity contribution is 5.76. The van der Waals surface area contributed by atoms with E-state index < -0.39 is 0 Å². The molecule has 0 bridgehead atoms. The molecule has 1 saturated heterocycles. The van der Waals surface area contributed by atoms with Gasteiger partial charge in [0.05, 0.1) is 0 Å². The van der Waals surface area contributed by atoms with Crippen molar-refractivity contribution < 1.29 is 9.32 Å². The zero-order valence-electron chi connectivity index (χ0n) is 15.3. The van der Waals surface area contributed by atoms with Gasteiger partial charge in [-0.05, 0) is 38.3 Å². The van der Waals surface area contributed by atoms with Crippen LogP contribution in [0.5, 0.6) is 0 Å². The first kappa shape index (κ1) is 17.4. The van der Waals surface area contributed by atoms with Crippen molar-refractivity contribution in [3.05, 3.63) is 48.6 Å². The zero-order valence-corrected chi connectivity index (χ0v) is 15.3. The SMILES string of the molecule is Cc1nccn1CC(=O)N1CCCC1CCc1noc(-c2ccncc2)n1. The summed E-state index contributed by atoms with van der Waals surface area (Å²) in [6, 6.07) is 3.91. The van der Waals surface area contributed by atoms with Crippen LogP contribution in [0.4, 0.5) is 0 Å². The highest BCUT2D eigenvalue weighted by atomic mass is 16.5. The Kier molecular flexibility index (Phi) is 4.95. The van der Waals surface area contributed by atoms with Gasteiger partial charge in [-0.15, -0.1) is 0 Å². The summed E-state index contributed by atoms with van der Waals surface area (Å²) in [5, 5.41) is 4.07. The number of aromatic nitrogens is 5. The summed E-state index contributed by atoms with van der Waals surface area (Å²) in [5.41, 5.74) is 0.858. The second-order valence-corrected chi connectivity index (χ2v) is 6.78. The van der Waals surface area contributed by atoms with E-state index in [9.17, 15) is 4.79 Å². The van der Waals surface area contributed by atoms with Gasteiger partial charge >= 0.3 is 0 Å². The summed E-state index contributed by atoms with van der Waals surface area (Å²) in [7, 11) is 0. The molecule has 1 amide bonds. The maximum atomic E-state index is 12.7. The van der Waals surface area contributed by atoms with Crippen LogP contribution >= 0.6 is 0 Å². The monoisotopic (exact) mass is 366 g/mol. The summed E-state index contributed by atoms with van der Waals surface area (Å²) < 4.78 is 7.23. The van der Waals surface area contributed by atoms with Crippen LogP contribution < -0.4 is 0 Å². The Balaban J connectivity index is 1.36. The number of nitrogens with zero attached hydrogens (tertiary/aromatic N) is 6. The van der Waals surface area contributed by atoms with Crippen LogP contribution in [0.1, 0.15) is 30.9 Å². The summed E-state index contributed by atoms with van der Waals surface area (Å²) in [4.78, 5) is 27.3. The van der Waals surface area contributed by atoms with Crippen molar-refractivity contribution in [2.45, 2.75) is 45.2 Å². The van der Waals surface area contributed by atoms with Crippen molar-refractivity contribution >= 4 is 5.91 Å². The Bertz CT molecular complexity index is 904. The van der Waals surface area contributed by atoms with Crippen LogP contribution in [0.3, 0.4) is 0 Å². The first-order valence-electron chi connectivity index (χ1n) is 9.21. The van der Waals surface area contributed by atoms with E-state index >= 15 is 0 Å². The summed E-state index contributed by atoms with van der Waals surface area (Å²) in [6.45, 7) is 3.06. The Hall–Kier alpha value is -3.03. The van der Waals surface area contributed by atoms with Gasteiger partial charge in [0.25, 0.3) is 5.89 Å². The molecule has 8 nitrogen and oxygen atoms in total. The number of likely N-dealkylation sites (tertiary alicyclic amines) is 1. The van der Waals surface area contributed by atoms with Gasteiger partial charge in [-0.2, -0.15) is 4.98 Å². The minimum atomic E-state index is 0.143. The molecule has 3 aromatic rings. The molecule has 4 heterocycles. The second kappa shape index (κ2) is 7.69. The maximum Gasteiger partial charge on any atom is 0.258 e. The Morgan fingerprint density at radius 2 is 2.15 bits per heavy atom. The molecule has 1 aliphatic heterocycles. The average molecular weight is 366 g/mol. The fourth-order valence-corrected chi connectivity index (χ4v) is 3.53. The summed E-state index contributed by atoms with van der Waals surface area (Å²) >= 11 is 0. The molecular weight excluding hydrogens is 344 g/mol. The number of carbonyl (C=O) groups is 1. The van der Waals surface area contributed by atoms with Gasteiger partial charge in [0.2, 0.25) is 5.91 Å². The van der Waals surface area contributed by atoms with Gasteiger partial charge in [0.1, 0.15) is 12.4 Å². The van der Waals surface area contributed by atoms with E-state index in [1.807, 2.05) is 34.7 Å². The zero-order chi connectivity index (χ0) is 18.6. The van der Waals surface area contributed by atoms with Gasteiger partial charge < -0.3 is 14.0 Å². The van der Waals surface area contributed by atoms with E-state index in [0.29, 0.717) is 24.7 Å². The van der Waals surface area contributed by atoms with Crippen LogP contribution in [0.2, 0.25) is 0 Å². The largest absolute Gasteiger partial charge is 0.338 e. The number of pyridine rings is 1. The Morgan fingerprint density at radius 3 is 2.93 bits per heavy atom. The molecular formula is C19H22N6O2. The molecule has 0 aliphatic carbocycles. The molecule has 1 aliphatic rings. The summed E-state index contributed by atoms with van der Waals surface area (Å²) in [5.74, 6) is 2.17. The number of hydrogen-bond acceptors (Lipinski definition) is 6. The van der Waals surface area contributed by atoms with Crippen LogP contribution in [-0.2, 0) is 17.8 Å². The molecule has 1 fully saturated rings. The van der Waals surface area contributed by atoms with Crippen molar-refractivity contribution in [1.82, 2.24) is 29.6 Å². The van der Waals surface area contributed by atoms with Crippen molar-refractivity contribution in [2.24, 2.45) is 0 Å². The molecule has 4 rings (SSSR count). The topological polar surface area (TPSA) is 89.9 Å². The summed E-state index contributed by atoms with van der Waals surface area (Å²) in [6.07, 6.45) is 10.5. The predicted octanol–water partition coefficient (Wildman–Crippen LogP) is 2.26. The van der Waals surface area contributed by atoms with Crippen LogP contribution in [0.15, 0.2) is 41.4 Å². The molecule has 1 unspecified atom stereocenters. The third kappa shape index (κ3) is 3.89. The molecule has 27 heavy (non-hydrogen) atoms. The smallest absolute Gasteiger partial charge is 0.258 e. The van der Waals surface area contributed by atoms with E-state index in [-0.39, 0.29) is 11.9 Å². The Morgan fingerprint density at radius 1 is 1.30 bits per heavy atom. The molecule has 8 heteroatoms. The molecule has 1 atom stereocenters. The molecule has 0 spiro atoms. The van der Waals surface area contributed by atoms with E-state index in [2.05, 4.69) is 20.1 Å². The van der Waals surface area contributed by atoms with Gasteiger partial charge in [0, 0.05) is 49.4 Å². The minimum Gasteiger partial charge on any atom is -0.338 e. The van der Waals surface area contributed by atoms with Gasteiger partial charge in [-0.25, -0.2) is 4.98 Å². The number of amides is 1. The van der Waals surface area contributed by atoms with Gasteiger partial charge in [0.15, 0.2) is 5.82 Å². The third-order valence-corrected chi connectivity index (χ3v) is 5.02. The fraction of sp³-hybridized carbons (Fsp3) is 0.421. The third-order valence-electron chi connectivity index (χ3n) is 5.02. The lowest BCUT2D eigenvalue weighted by atomic mass is 10.1. The second-order valence-electron chi connectivity index (χ2n) is 6.78. The normalized spacial score (nSPS) is 16.8. The van der Waals surface area contributed by atoms with Crippen molar-refractivity contribution in [3.63, 3.8) is 0 Å². The van der Waals surface area contributed by atoms with E-state index in [1.54, 1.807) is 18.6 Å². The Labute approximate surface area is 157 Å². The van der Waals surface area contributed by atoms with Gasteiger partial charge in [-0.3, -0.25) is 9.78 Å². The lowest BCUT2D eigenvalue weighted by molar-refractivity contribution is -0.132. The standard InChI is InChI=1S/C19H22N6O2/c1-14-21-10-12-24(14)13-18(26)25-11-2-3-16(25)4-5-17-22-19(27-23-17)15-6-8-20-9-7-15/h6-10,12,16H,2-5,11,13H2,1H3. The lowest BCUT2D eigenvalue weighted by Gasteiger charge is -2.24. The molecule has 140 valence electrons. The number of imidazole rings is 1. The molecule has 0 saturated carbocycles. The number of carbonyl (C=O) groups excluding carboxylic acids is 1. The number of rotatable bonds is 6. The van der Waals surface area contributed by atoms with Crippen LogP contribution in [-0.4, -0.2) is 48.1 Å². The maximum absolute atomic E-state index is 12.7. The minimum absolute atomic E-state index is 0.143. The first-order chi connectivity index (χ1) is 13.2. The van der Waals surface area contributed by atoms with Crippen LogP contribution in [0, 0.1) is 6.92 Å². The van der Waals surface area contributed by atoms with Crippen LogP contribution in [0.25, 0.3) is 11.5 Å². The molecule has 0 aromatic carbocycles. The van der Waals surface area contributed by atoms with E-state index in [1.165, 1.54) is 0 Å². The van der Waals surface area contributed by atoms with Crippen molar-refractivity contribution in [2.75, 3.05) is 6.54 Å². The first-order valence-corrected chi connectivity index (χ1v) is 9.21. The van der Waals surface area contributed by atoms with E-state index in [4.69, 9.17) is 4.52 Å². The number of aryl methyl sites for hydroxylation is 2. The van der Waals surface area contributed by atoms with E-state index in [0.717, 1.165) is 37.2 Å². The predicted molar refractivity (Wildman–Crippen MR) is 97.5 cm³/mol. The van der Waals surface area contributed by atoms with Gasteiger partial charge in [-0.1, -0.05) is 5.16 Å². The van der Waals surface area contributed by atoms with Crippen molar-refractivity contribution in [1.29, 1.82) is 0 Å². The fourth-order valence-electron chi connectivity index (χ4n) is 3.53. The number of hydrogen-bond donors (Lipinski definition) is 0. The molecule has 0 radical (unpaired) electrons. The average Bonchev–Trinajstić information content (AvgIpc) is 3.42. The molecule has 3 aromatic heterocycles. The molecule has 0 N–H and O–H groups in total. The quantitative estimate of drug-likeness (QED) is 0.665. The van der Waals surface area contributed by atoms with Crippen molar-refractivity contribution in [3.8, 4) is 11.5 Å². The lowest BCUT2D eigenvalue weighted by Crippen LogP contribution is -2.38. The highest BCUT2D eigenvalue weighted by Gasteiger charge is 2.29. The highest BCUT2D eigenvalue weighted by Crippen LogP contribution is 2.23.